The third kappa shape index (κ3) is 3.48. The number of carbonyl (C=O) groups excluding carboxylic acids is 3. The second-order valence-electron chi connectivity index (χ2n) is 7.91. The summed E-state index contributed by atoms with van der Waals surface area (Å²) in [5.41, 5.74) is 3.49. The molecule has 3 aromatic carbocycles. The van der Waals surface area contributed by atoms with Gasteiger partial charge in [0, 0.05) is 22.0 Å². The van der Waals surface area contributed by atoms with Crippen molar-refractivity contribution >= 4 is 58.1 Å². The van der Waals surface area contributed by atoms with E-state index < -0.39 is 4.87 Å². The molecule has 2 heterocycles. The molecule has 1 saturated heterocycles. The van der Waals surface area contributed by atoms with Crippen LogP contribution in [0, 0.1) is 6.92 Å². The Balaban J connectivity index is 1.53. The molecule has 0 bridgehead atoms. The van der Waals surface area contributed by atoms with Crippen molar-refractivity contribution in [3.05, 3.63) is 88.9 Å². The minimum absolute atomic E-state index is 0.149. The molecule has 1 atom stereocenters. The standard InChI is InChI=1S/C25H20ClN3O3S/c1-16-7-2-4-11-20(16)27-22(30)14-28-21-12-5-3-10-19(21)25(24(28)32)29(23(31)15-33-25)18-9-6-8-17(26)13-18/h2-13H,14-15H2,1H3,(H,27,30). The Morgan fingerprint density at radius 1 is 1.06 bits per heavy atom. The van der Waals surface area contributed by atoms with Gasteiger partial charge in [-0.05, 0) is 42.8 Å². The molecule has 33 heavy (non-hydrogen) atoms. The highest BCUT2D eigenvalue weighted by Gasteiger charge is 2.61. The van der Waals surface area contributed by atoms with Gasteiger partial charge in [-0.15, -0.1) is 11.8 Å². The third-order valence-electron chi connectivity index (χ3n) is 5.85. The Kier molecular flexibility index (Phi) is 5.38. The van der Waals surface area contributed by atoms with Gasteiger partial charge in [0.25, 0.3) is 5.91 Å². The van der Waals surface area contributed by atoms with Gasteiger partial charge in [-0.1, -0.05) is 54.1 Å². The molecule has 3 amide bonds. The zero-order chi connectivity index (χ0) is 23.2. The minimum atomic E-state index is -1.28. The molecule has 8 heteroatoms. The number of halogens is 1. The van der Waals surface area contributed by atoms with Gasteiger partial charge in [0.15, 0.2) is 0 Å². The molecule has 0 aliphatic carbocycles. The molecular formula is C25H20ClN3O3S. The van der Waals surface area contributed by atoms with E-state index >= 15 is 0 Å². The zero-order valence-corrected chi connectivity index (χ0v) is 19.3. The van der Waals surface area contributed by atoms with E-state index in [1.54, 1.807) is 24.3 Å². The predicted molar refractivity (Wildman–Crippen MR) is 132 cm³/mol. The number of anilines is 3. The van der Waals surface area contributed by atoms with Crippen LogP contribution < -0.4 is 15.1 Å². The first-order chi connectivity index (χ1) is 15.9. The summed E-state index contributed by atoms with van der Waals surface area (Å²) in [5.74, 6) is -0.667. The van der Waals surface area contributed by atoms with E-state index in [9.17, 15) is 14.4 Å². The van der Waals surface area contributed by atoms with Crippen LogP contribution in [-0.4, -0.2) is 30.0 Å². The molecule has 1 unspecified atom stereocenters. The number of benzene rings is 3. The maximum absolute atomic E-state index is 14.0. The van der Waals surface area contributed by atoms with Gasteiger partial charge in [0.05, 0.1) is 11.4 Å². The Morgan fingerprint density at radius 3 is 2.61 bits per heavy atom. The van der Waals surface area contributed by atoms with Crippen LogP contribution in [-0.2, 0) is 19.3 Å². The summed E-state index contributed by atoms with van der Waals surface area (Å²) in [4.78, 5) is 41.6. The fraction of sp³-hybridized carbons (Fsp3) is 0.160. The van der Waals surface area contributed by atoms with Crippen molar-refractivity contribution in [2.45, 2.75) is 11.8 Å². The maximum Gasteiger partial charge on any atom is 0.269 e. The first-order valence-corrected chi connectivity index (χ1v) is 11.8. The molecule has 166 valence electrons. The fourth-order valence-corrected chi connectivity index (χ4v) is 5.92. The van der Waals surface area contributed by atoms with Gasteiger partial charge in [0.2, 0.25) is 16.7 Å². The van der Waals surface area contributed by atoms with Gasteiger partial charge in [0.1, 0.15) is 6.54 Å². The normalized spacial score (nSPS) is 19.3. The average molecular weight is 478 g/mol. The van der Waals surface area contributed by atoms with Crippen molar-refractivity contribution in [1.82, 2.24) is 0 Å². The number of hydrogen-bond donors (Lipinski definition) is 1. The minimum Gasteiger partial charge on any atom is -0.324 e. The van der Waals surface area contributed by atoms with E-state index in [0.29, 0.717) is 27.6 Å². The summed E-state index contributed by atoms with van der Waals surface area (Å²) in [7, 11) is 0. The van der Waals surface area contributed by atoms with Crippen LogP contribution in [0.5, 0.6) is 0 Å². The average Bonchev–Trinajstić information content (AvgIpc) is 3.26. The number of thioether (sulfide) groups is 1. The van der Waals surface area contributed by atoms with E-state index in [1.165, 1.54) is 21.6 Å². The van der Waals surface area contributed by atoms with Crippen LogP contribution in [0.2, 0.25) is 5.02 Å². The zero-order valence-electron chi connectivity index (χ0n) is 17.7. The highest BCUT2D eigenvalue weighted by atomic mass is 35.5. The number of nitrogens with one attached hydrogen (secondary N) is 1. The molecule has 0 aromatic heterocycles. The Morgan fingerprint density at radius 2 is 1.82 bits per heavy atom. The van der Waals surface area contributed by atoms with E-state index in [0.717, 1.165) is 5.56 Å². The summed E-state index contributed by atoms with van der Waals surface area (Å²) in [6, 6.07) is 21.7. The molecule has 2 aliphatic rings. The number of amides is 3. The monoisotopic (exact) mass is 477 g/mol. The topological polar surface area (TPSA) is 69.7 Å². The van der Waals surface area contributed by atoms with Gasteiger partial charge >= 0.3 is 0 Å². The second-order valence-corrected chi connectivity index (χ2v) is 9.52. The lowest BCUT2D eigenvalue weighted by molar-refractivity contribution is -0.124. The first-order valence-electron chi connectivity index (χ1n) is 10.4. The van der Waals surface area contributed by atoms with Crippen molar-refractivity contribution in [1.29, 1.82) is 0 Å². The lowest BCUT2D eigenvalue weighted by Crippen LogP contribution is -2.50. The van der Waals surface area contributed by atoms with Crippen LogP contribution in [0.1, 0.15) is 11.1 Å². The second kappa shape index (κ2) is 8.24. The molecule has 2 aliphatic heterocycles. The SMILES string of the molecule is Cc1ccccc1NC(=O)CN1C(=O)C2(SCC(=O)N2c2cccc(Cl)c2)c2ccccc21. The lowest BCUT2D eigenvalue weighted by Gasteiger charge is -2.33. The van der Waals surface area contributed by atoms with Crippen molar-refractivity contribution < 1.29 is 14.4 Å². The van der Waals surface area contributed by atoms with Gasteiger partial charge in [-0.25, -0.2) is 0 Å². The van der Waals surface area contributed by atoms with Crippen LogP contribution >= 0.6 is 23.4 Å². The Bertz CT molecular complexity index is 1300. The van der Waals surface area contributed by atoms with Crippen LogP contribution in [0.15, 0.2) is 72.8 Å². The highest BCUT2D eigenvalue weighted by molar-refractivity contribution is 8.02. The van der Waals surface area contributed by atoms with Gasteiger partial charge < -0.3 is 5.32 Å². The number of fused-ring (bicyclic) bond motifs is 2. The van der Waals surface area contributed by atoms with Crippen LogP contribution in [0.4, 0.5) is 17.1 Å². The van der Waals surface area contributed by atoms with Crippen molar-refractivity contribution in [2.24, 2.45) is 0 Å². The summed E-state index contributed by atoms with van der Waals surface area (Å²) >= 11 is 7.46. The molecule has 1 N–H and O–H groups in total. The number of aryl methyl sites for hydroxylation is 1. The smallest absolute Gasteiger partial charge is 0.269 e. The molecule has 5 rings (SSSR count). The number of nitrogens with zero attached hydrogens (tertiary/aromatic N) is 2. The fourth-order valence-electron chi connectivity index (χ4n) is 4.37. The quantitative estimate of drug-likeness (QED) is 0.597. The summed E-state index contributed by atoms with van der Waals surface area (Å²) in [6.45, 7) is 1.74. The Hall–Kier alpha value is -3.29. The van der Waals surface area contributed by atoms with Crippen molar-refractivity contribution in [3.8, 4) is 0 Å². The highest BCUT2D eigenvalue weighted by Crippen LogP contribution is 2.55. The maximum atomic E-state index is 14.0. The van der Waals surface area contributed by atoms with E-state index in [1.807, 2.05) is 55.5 Å². The van der Waals surface area contributed by atoms with Crippen LogP contribution in [0.3, 0.4) is 0 Å². The van der Waals surface area contributed by atoms with Gasteiger partial charge in [-0.2, -0.15) is 0 Å². The van der Waals surface area contributed by atoms with E-state index in [-0.39, 0.29) is 30.0 Å². The molecule has 6 nitrogen and oxygen atoms in total. The predicted octanol–water partition coefficient (Wildman–Crippen LogP) is 4.57. The Labute approximate surface area is 200 Å². The number of hydrogen-bond acceptors (Lipinski definition) is 4. The molecule has 0 radical (unpaired) electrons. The molecule has 1 spiro atoms. The van der Waals surface area contributed by atoms with Crippen molar-refractivity contribution in [2.75, 3.05) is 27.4 Å². The lowest BCUT2D eigenvalue weighted by atomic mass is 10.0. The first kappa shape index (κ1) is 21.6. The van der Waals surface area contributed by atoms with E-state index in [2.05, 4.69) is 5.32 Å². The summed E-state index contributed by atoms with van der Waals surface area (Å²) < 4.78 is 0. The number of carbonyl (C=O) groups is 3. The number of rotatable bonds is 4. The number of para-hydroxylation sites is 2. The summed E-state index contributed by atoms with van der Waals surface area (Å²) in [5, 5.41) is 3.36. The molecule has 3 aromatic rings. The largest absolute Gasteiger partial charge is 0.324 e. The molecule has 0 saturated carbocycles. The van der Waals surface area contributed by atoms with Gasteiger partial charge in [-0.3, -0.25) is 24.2 Å². The van der Waals surface area contributed by atoms with Crippen LogP contribution in [0.25, 0.3) is 0 Å². The molecular weight excluding hydrogens is 458 g/mol. The molecule has 1 fully saturated rings. The van der Waals surface area contributed by atoms with Crippen molar-refractivity contribution in [3.63, 3.8) is 0 Å². The summed E-state index contributed by atoms with van der Waals surface area (Å²) in [6.07, 6.45) is 0. The third-order valence-corrected chi connectivity index (χ3v) is 7.47. The van der Waals surface area contributed by atoms with E-state index in [4.69, 9.17) is 11.6 Å².